The van der Waals surface area contributed by atoms with Crippen LogP contribution in [0.15, 0.2) is 36.4 Å². The molecule has 4 nitrogen and oxygen atoms in total. The Kier molecular flexibility index (Phi) is 5.84. The average Bonchev–Trinajstić information content (AvgIpc) is 2.60. The third-order valence-corrected chi connectivity index (χ3v) is 4.79. The van der Waals surface area contributed by atoms with Crippen molar-refractivity contribution in [3.63, 3.8) is 0 Å². The van der Waals surface area contributed by atoms with Gasteiger partial charge in [0.1, 0.15) is 11.3 Å². The van der Waals surface area contributed by atoms with E-state index in [2.05, 4.69) is 0 Å². The fourth-order valence-corrected chi connectivity index (χ4v) is 3.58. The number of methoxy groups -OCH3 is 1. The predicted octanol–water partition coefficient (Wildman–Crippen LogP) is 4.27. The van der Waals surface area contributed by atoms with Gasteiger partial charge in [-0.3, -0.25) is 4.90 Å². The molecule has 0 fully saturated rings. The van der Waals surface area contributed by atoms with Crippen molar-refractivity contribution in [2.24, 2.45) is 0 Å². The Morgan fingerprint density at radius 1 is 1.08 bits per heavy atom. The van der Waals surface area contributed by atoms with Gasteiger partial charge in [-0.05, 0) is 54.0 Å². The first-order valence-corrected chi connectivity index (χ1v) is 8.60. The molecule has 0 spiro atoms. The van der Waals surface area contributed by atoms with Crippen molar-refractivity contribution >= 4 is 16.7 Å². The first-order chi connectivity index (χ1) is 11.5. The van der Waals surface area contributed by atoms with E-state index in [1.807, 2.05) is 62.1 Å². The van der Waals surface area contributed by atoms with Crippen LogP contribution in [0, 0.1) is 0 Å². The number of hydrogen-bond donors (Lipinski definition) is 1. The van der Waals surface area contributed by atoms with Gasteiger partial charge >= 0.3 is 5.97 Å². The Hall–Kier alpha value is -2.07. The summed E-state index contributed by atoms with van der Waals surface area (Å²) in [6.07, 6.45) is 1.40. The van der Waals surface area contributed by atoms with E-state index in [0.29, 0.717) is 19.5 Å². The SMILES string of the molecule is CCCC(C(=O)O)(c1ccc2cc(OC)ccc2c1)N(CC)CC. The molecule has 130 valence electrons. The number of ether oxygens (including phenoxy) is 1. The predicted molar refractivity (Wildman–Crippen MR) is 97.6 cm³/mol. The molecule has 24 heavy (non-hydrogen) atoms. The molecule has 1 unspecified atom stereocenters. The fraction of sp³-hybridized carbons (Fsp3) is 0.450. The smallest absolute Gasteiger partial charge is 0.328 e. The number of carbonyl (C=O) groups is 1. The lowest BCUT2D eigenvalue weighted by Crippen LogP contribution is -2.52. The maximum absolute atomic E-state index is 12.3. The molecule has 2 rings (SSSR count). The fourth-order valence-electron chi connectivity index (χ4n) is 3.58. The normalized spacial score (nSPS) is 13.9. The Labute approximate surface area is 144 Å². The van der Waals surface area contributed by atoms with Crippen LogP contribution in [0.1, 0.15) is 39.2 Å². The van der Waals surface area contributed by atoms with Crippen LogP contribution in [-0.2, 0) is 10.3 Å². The lowest BCUT2D eigenvalue weighted by atomic mass is 9.82. The minimum atomic E-state index is -0.980. The second-order valence-electron chi connectivity index (χ2n) is 6.02. The minimum Gasteiger partial charge on any atom is -0.497 e. The van der Waals surface area contributed by atoms with E-state index in [4.69, 9.17) is 4.74 Å². The number of likely N-dealkylation sites (N-methyl/N-ethyl adjacent to an activating group) is 1. The minimum absolute atomic E-state index is 0.589. The summed E-state index contributed by atoms with van der Waals surface area (Å²) in [5.41, 5.74) is -0.134. The van der Waals surface area contributed by atoms with Crippen LogP contribution in [-0.4, -0.2) is 36.2 Å². The molecule has 0 amide bonds. The number of benzene rings is 2. The summed E-state index contributed by atoms with van der Waals surface area (Å²) in [5.74, 6) is 0.0259. The highest BCUT2D eigenvalue weighted by molar-refractivity contribution is 5.88. The molecule has 0 radical (unpaired) electrons. The maximum Gasteiger partial charge on any atom is 0.328 e. The summed E-state index contributed by atoms with van der Waals surface area (Å²) in [6.45, 7) is 7.46. The van der Waals surface area contributed by atoms with E-state index >= 15 is 0 Å². The summed E-state index contributed by atoms with van der Waals surface area (Å²) in [5, 5.41) is 12.2. The lowest BCUT2D eigenvalue weighted by molar-refractivity contribution is -0.153. The number of carboxylic acids is 1. The van der Waals surface area contributed by atoms with Gasteiger partial charge in [0.15, 0.2) is 0 Å². The van der Waals surface area contributed by atoms with Crippen molar-refractivity contribution in [1.29, 1.82) is 0 Å². The molecule has 0 aliphatic rings. The molecule has 0 bridgehead atoms. The Bertz CT molecular complexity index is 709. The van der Waals surface area contributed by atoms with Gasteiger partial charge in [0.2, 0.25) is 0 Å². The Morgan fingerprint density at radius 3 is 2.25 bits per heavy atom. The highest BCUT2D eigenvalue weighted by Gasteiger charge is 2.44. The molecule has 0 heterocycles. The third kappa shape index (κ3) is 3.11. The van der Waals surface area contributed by atoms with Crippen LogP contribution in [0.4, 0.5) is 0 Å². The first kappa shape index (κ1) is 18.3. The molecular formula is C20H27NO3. The third-order valence-electron chi connectivity index (χ3n) is 4.79. The summed E-state index contributed by atoms with van der Waals surface area (Å²) < 4.78 is 5.27. The highest BCUT2D eigenvalue weighted by atomic mass is 16.5. The molecule has 1 N–H and O–H groups in total. The lowest BCUT2D eigenvalue weighted by Gasteiger charge is -2.40. The van der Waals surface area contributed by atoms with Gasteiger partial charge in [-0.25, -0.2) is 4.79 Å². The van der Waals surface area contributed by atoms with E-state index in [-0.39, 0.29) is 0 Å². The quantitative estimate of drug-likeness (QED) is 0.786. The van der Waals surface area contributed by atoms with Gasteiger partial charge < -0.3 is 9.84 Å². The zero-order chi connectivity index (χ0) is 17.7. The van der Waals surface area contributed by atoms with Gasteiger partial charge in [0.05, 0.1) is 7.11 Å². The Balaban J connectivity index is 2.64. The monoisotopic (exact) mass is 329 g/mol. The molecule has 0 saturated heterocycles. The number of aliphatic carboxylic acids is 1. The highest BCUT2D eigenvalue weighted by Crippen LogP contribution is 2.36. The van der Waals surface area contributed by atoms with Crippen molar-refractivity contribution in [2.45, 2.75) is 39.2 Å². The average molecular weight is 329 g/mol. The second kappa shape index (κ2) is 7.67. The Morgan fingerprint density at radius 2 is 1.71 bits per heavy atom. The summed E-state index contributed by atoms with van der Waals surface area (Å²) in [4.78, 5) is 14.4. The molecule has 0 aliphatic heterocycles. The standard InChI is InChI=1S/C20H27NO3/c1-5-12-20(19(22)23,21(6-2)7-3)17-10-8-16-14-18(24-4)11-9-15(16)13-17/h8-11,13-14H,5-7,12H2,1-4H3,(H,22,23). The van der Waals surface area contributed by atoms with Crippen LogP contribution >= 0.6 is 0 Å². The van der Waals surface area contributed by atoms with Crippen LogP contribution < -0.4 is 4.74 Å². The molecule has 2 aromatic rings. The zero-order valence-corrected chi connectivity index (χ0v) is 15.0. The molecule has 0 aliphatic carbocycles. The van der Waals surface area contributed by atoms with Crippen molar-refractivity contribution in [2.75, 3.05) is 20.2 Å². The molecule has 1 atom stereocenters. The zero-order valence-electron chi connectivity index (χ0n) is 15.0. The largest absolute Gasteiger partial charge is 0.497 e. The van der Waals surface area contributed by atoms with Crippen LogP contribution in [0.2, 0.25) is 0 Å². The molecule has 2 aromatic carbocycles. The van der Waals surface area contributed by atoms with E-state index in [0.717, 1.165) is 28.5 Å². The van der Waals surface area contributed by atoms with Gasteiger partial charge in [-0.1, -0.05) is 45.4 Å². The second-order valence-corrected chi connectivity index (χ2v) is 6.02. The summed E-state index contributed by atoms with van der Waals surface area (Å²) in [6, 6.07) is 11.8. The van der Waals surface area contributed by atoms with Gasteiger partial charge in [0, 0.05) is 0 Å². The van der Waals surface area contributed by atoms with Gasteiger partial charge in [0.25, 0.3) is 0 Å². The molecular weight excluding hydrogens is 302 g/mol. The van der Waals surface area contributed by atoms with E-state index in [1.54, 1.807) is 7.11 Å². The van der Waals surface area contributed by atoms with Gasteiger partial charge in [-0.15, -0.1) is 0 Å². The molecule has 0 aromatic heterocycles. The van der Waals surface area contributed by atoms with Crippen molar-refractivity contribution in [1.82, 2.24) is 4.90 Å². The van der Waals surface area contributed by atoms with Crippen LogP contribution in [0.25, 0.3) is 10.8 Å². The first-order valence-electron chi connectivity index (χ1n) is 8.60. The summed E-state index contributed by atoms with van der Waals surface area (Å²) >= 11 is 0. The van der Waals surface area contributed by atoms with Crippen LogP contribution in [0.5, 0.6) is 5.75 Å². The molecule has 4 heteroatoms. The van der Waals surface area contributed by atoms with E-state index < -0.39 is 11.5 Å². The number of fused-ring (bicyclic) bond motifs is 1. The number of carboxylic acid groups (broad SMARTS) is 1. The number of rotatable bonds is 8. The number of hydrogen-bond acceptors (Lipinski definition) is 3. The maximum atomic E-state index is 12.3. The van der Waals surface area contributed by atoms with Crippen molar-refractivity contribution < 1.29 is 14.6 Å². The van der Waals surface area contributed by atoms with E-state index in [1.165, 1.54) is 0 Å². The number of nitrogens with zero attached hydrogens (tertiary/aromatic N) is 1. The molecule has 0 saturated carbocycles. The summed E-state index contributed by atoms with van der Waals surface area (Å²) in [7, 11) is 1.65. The van der Waals surface area contributed by atoms with E-state index in [9.17, 15) is 9.90 Å². The van der Waals surface area contributed by atoms with Crippen molar-refractivity contribution in [3.8, 4) is 5.75 Å². The van der Waals surface area contributed by atoms with Crippen LogP contribution in [0.3, 0.4) is 0 Å². The van der Waals surface area contributed by atoms with Crippen molar-refractivity contribution in [3.05, 3.63) is 42.0 Å². The van der Waals surface area contributed by atoms with Gasteiger partial charge in [-0.2, -0.15) is 0 Å². The topological polar surface area (TPSA) is 49.8 Å².